The zero-order chi connectivity index (χ0) is 18.4. The minimum atomic E-state index is -0.744. The van der Waals surface area contributed by atoms with Crippen molar-refractivity contribution < 1.29 is 23.5 Å². The number of carbonyl (C=O) groups is 2. The number of rotatable bonds is 6. The Morgan fingerprint density at radius 1 is 1.16 bits per heavy atom. The van der Waals surface area contributed by atoms with Gasteiger partial charge in [-0.05, 0) is 49.2 Å². The summed E-state index contributed by atoms with van der Waals surface area (Å²) >= 11 is 0. The van der Waals surface area contributed by atoms with Gasteiger partial charge >= 0.3 is 5.97 Å². The Bertz CT molecular complexity index is 759. The Morgan fingerprint density at radius 3 is 2.44 bits per heavy atom. The molecule has 1 atom stereocenters. The van der Waals surface area contributed by atoms with Crippen LogP contribution < -0.4 is 10.1 Å². The third-order valence-corrected chi connectivity index (χ3v) is 3.74. The fourth-order valence-electron chi connectivity index (χ4n) is 2.19. The molecule has 0 aliphatic rings. The Kier molecular flexibility index (Phi) is 6.11. The van der Waals surface area contributed by atoms with Crippen molar-refractivity contribution in [3.8, 4) is 5.75 Å². The van der Waals surface area contributed by atoms with Crippen molar-refractivity contribution in [3.63, 3.8) is 0 Å². The van der Waals surface area contributed by atoms with E-state index in [1.807, 2.05) is 19.1 Å². The van der Waals surface area contributed by atoms with Crippen molar-refractivity contribution in [3.05, 3.63) is 65.0 Å². The van der Waals surface area contributed by atoms with Crippen LogP contribution in [0.25, 0.3) is 0 Å². The summed E-state index contributed by atoms with van der Waals surface area (Å²) in [6.45, 7) is 2.98. The molecule has 0 saturated heterocycles. The monoisotopic (exact) mass is 345 g/mol. The molecule has 132 valence electrons. The number of halogens is 1. The normalized spacial score (nSPS) is 11.5. The van der Waals surface area contributed by atoms with Crippen LogP contribution in [0.4, 0.5) is 4.39 Å². The summed E-state index contributed by atoms with van der Waals surface area (Å²) in [5.74, 6) is -0.955. The Balaban J connectivity index is 1.86. The summed E-state index contributed by atoms with van der Waals surface area (Å²) < 4.78 is 23.5. The number of ether oxygens (including phenoxy) is 2. The van der Waals surface area contributed by atoms with E-state index in [1.54, 1.807) is 26.2 Å². The van der Waals surface area contributed by atoms with E-state index in [0.717, 1.165) is 17.4 Å². The molecule has 1 N–H and O–H groups in total. The van der Waals surface area contributed by atoms with Crippen LogP contribution >= 0.6 is 0 Å². The van der Waals surface area contributed by atoms with Gasteiger partial charge in [-0.2, -0.15) is 0 Å². The van der Waals surface area contributed by atoms with Crippen LogP contribution in [-0.2, 0) is 9.53 Å². The lowest BCUT2D eigenvalue weighted by atomic mass is 10.1. The lowest BCUT2D eigenvalue weighted by Crippen LogP contribution is -2.31. The van der Waals surface area contributed by atoms with Crippen molar-refractivity contribution in [2.45, 2.75) is 19.9 Å². The van der Waals surface area contributed by atoms with Gasteiger partial charge < -0.3 is 14.8 Å². The fourth-order valence-corrected chi connectivity index (χ4v) is 2.19. The van der Waals surface area contributed by atoms with E-state index in [-0.39, 0.29) is 11.6 Å². The molecule has 0 aromatic heterocycles. The SMILES string of the molecule is COc1ccc([C@@H](C)NC(=O)COC(=O)c2ccc(C)c(F)c2)cc1. The van der Waals surface area contributed by atoms with Crippen LogP contribution in [0.15, 0.2) is 42.5 Å². The number of methoxy groups -OCH3 is 1. The number of carbonyl (C=O) groups excluding carboxylic acids is 2. The Hall–Kier alpha value is -2.89. The lowest BCUT2D eigenvalue weighted by molar-refractivity contribution is -0.124. The first-order chi connectivity index (χ1) is 11.9. The number of hydrogen-bond acceptors (Lipinski definition) is 4. The second-order valence-electron chi connectivity index (χ2n) is 5.60. The molecule has 0 fully saturated rings. The minimum Gasteiger partial charge on any atom is -0.497 e. The number of aryl methyl sites for hydroxylation is 1. The lowest BCUT2D eigenvalue weighted by Gasteiger charge is -2.15. The van der Waals surface area contributed by atoms with Gasteiger partial charge in [-0.3, -0.25) is 4.79 Å². The molecule has 2 aromatic rings. The van der Waals surface area contributed by atoms with E-state index in [0.29, 0.717) is 5.56 Å². The van der Waals surface area contributed by atoms with Crippen LogP contribution in [0.3, 0.4) is 0 Å². The van der Waals surface area contributed by atoms with Crippen LogP contribution in [-0.4, -0.2) is 25.6 Å². The number of nitrogens with one attached hydrogen (secondary N) is 1. The van der Waals surface area contributed by atoms with Gasteiger partial charge in [0.25, 0.3) is 5.91 Å². The highest BCUT2D eigenvalue weighted by Gasteiger charge is 2.14. The predicted molar refractivity (Wildman–Crippen MR) is 91.0 cm³/mol. The molecule has 0 heterocycles. The third kappa shape index (κ3) is 5.04. The van der Waals surface area contributed by atoms with Gasteiger partial charge in [0.2, 0.25) is 0 Å². The summed E-state index contributed by atoms with van der Waals surface area (Å²) in [7, 11) is 1.58. The average Bonchev–Trinajstić information content (AvgIpc) is 2.62. The molecule has 0 aliphatic carbocycles. The first-order valence-corrected chi connectivity index (χ1v) is 7.77. The Labute approximate surface area is 145 Å². The van der Waals surface area contributed by atoms with Crippen molar-refractivity contribution in [2.24, 2.45) is 0 Å². The summed E-state index contributed by atoms with van der Waals surface area (Å²) in [6, 6.07) is 11.0. The van der Waals surface area contributed by atoms with Crippen LogP contribution in [0.1, 0.15) is 34.5 Å². The predicted octanol–water partition coefficient (Wildman–Crippen LogP) is 3.18. The van der Waals surface area contributed by atoms with Crippen LogP contribution in [0.2, 0.25) is 0 Å². The van der Waals surface area contributed by atoms with Crippen molar-refractivity contribution >= 4 is 11.9 Å². The van der Waals surface area contributed by atoms with Crippen molar-refractivity contribution in [1.29, 1.82) is 0 Å². The Morgan fingerprint density at radius 2 is 1.84 bits per heavy atom. The number of esters is 1. The highest BCUT2D eigenvalue weighted by molar-refractivity contribution is 5.91. The van der Waals surface area contributed by atoms with E-state index < -0.39 is 24.3 Å². The zero-order valence-electron chi connectivity index (χ0n) is 14.3. The summed E-state index contributed by atoms with van der Waals surface area (Å²) in [4.78, 5) is 23.8. The molecule has 2 aromatic carbocycles. The van der Waals surface area contributed by atoms with Gasteiger partial charge in [-0.25, -0.2) is 9.18 Å². The maximum Gasteiger partial charge on any atom is 0.338 e. The number of hydrogen-bond donors (Lipinski definition) is 1. The molecule has 1 amide bonds. The van der Waals surface area contributed by atoms with Gasteiger partial charge in [0.15, 0.2) is 6.61 Å². The van der Waals surface area contributed by atoms with E-state index >= 15 is 0 Å². The van der Waals surface area contributed by atoms with Gasteiger partial charge in [0, 0.05) is 0 Å². The summed E-state index contributed by atoms with van der Waals surface area (Å²) in [6.07, 6.45) is 0. The quantitative estimate of drug-likeness (QED) is 0.817. The maximum absolute atomic E-state index is 13.5. The largest absolute Gasteiger partial charge is 0.497 e. The summed E-state index contributed by atoms with van der Waals surface area (Å²) in [5.41, 5.74) is 1.39. The second-order valence-corrected chi connectivity index (χ2v) is 5.60. The molecule has 0 radical (unpaired) electrons. The van der Waals surface area contributed by atoms with Gasteiger partial charge in [-0.1, -0.05) is 18.2 Å². The minimum absolute atomic E-state index is 0.0686. The summed E-state index contributed by atoms with van der Waals surface area (Å²) in [5, 5.41) is 2.73. The second kappa shape index (κ2) is 8.28. The van der Waals surface area contributed by atoms with E-state index in [9.17, 15) is 14.0 Å². The first kappa shape index (κ1) is 18.4. The molecule has 0 aliphatic heterocycles. The highest BCUT2D eigenvalue weighted by Crippen LogP contribution is 2.17. The topological polar surface area (TPSA) is 64.6 Å². The number of amides is 1. The van der Waals surface area contributed by atoms with Gasteiger partial charge in [-0.15, -0.1) is 0 Å². The first-order valence-electron chi connectivity index (χ1n) is 7.77. The smallest absolute Gasteiger partial charge is 0.338 e. The molecule has 5 nitrogen and oxygen atoms in total. The number of benzene rings is 2. The molecule has 0 unspecified atom stereocenters. The maximum atomic E-state index is 13.5. The molecule has 25 heavy (non-hydrogen) atoms. The van der Waals surface area contributed by atoms with Crippen molar-refractivity contribution in [1.82, 2.24) is 5.32 Å². The molecule has 0 spiro atoms. The molecular weight excluding hydrogens is 325 g/mol. The van der Waals surface area contributed by atoms with Crippen LogP contribution in [0.5, 0.6) is 5.75 Å². The van der Waals surface area contributed by atoms with Gasteiger partial charge in [0.1, 0.15) is 11.6 Å². The van der Waals surface area contributed by atoms with Crippen LogP contribution in [0, 0.1) is 12.7 Å². The fraction of sp³-hybridized carbons (Fsp3) is 0.263. The molecule has 0 saturated carbocycles. The van der Waals surface area contributed by atoms with E-state index in [2.05, 4.69) is 5.32 Å². The van der Waals surface area contributed by atoms with E-state index in [1.165, 1.54) is 12.1 Å². The third-order valence-electron chi connectivity index (χ3n) is 3.74. The molecular formula is C19H20FNO4. The molecule has 2 rings (SSSR count). The zero-order valence-corrected chi connectivity index (χ0v) is 14.3. The standard InChI is InChI=1S/C19H20FNO4/c1-12-4-5-15(10-17(12)20)19(23)25-11-18(22)21-13(2)14-6-8-16(24-3)9-7-14/h4-10,13H,11H2,1-3H3,(H,21,22)/t13-/m1/s1. The highest BCUT2D eigenvalue weighted by atomic mass is 19.1. The van der Waals surface area contributed by atoms with Crippen molar-refractivity contribution in [2.75, 3.05) is 13.7 Å². The van der Waals surface area contributed by atoms with Gasteiger partial charge in [0.05, 0.1) is 18.7 Å². The van der Waals surface area contributed by atoms with E-state index in [4.69, 9.17) is 9.47 Å². The molecule has 0 bridgehead atoms. The average molecular weight is 345 g/mol. The molecule has 6 heteroatoms.